The molecule has 0 bridgehead atoms. The van der Waals surface area contributed by atoms with Gasteiger partial charge in [-0.3, -0.25) is 4.79 Å². The Kier molecular flexibility index (Phi) is 6.15. The number of nitrogens with one attached hydrogen (secondary N) is 1. The number of nitrogens with zero attached hydrogens (tertiary/aromatic N) is 3. The van der Waals surface area contributed by atoms with Crippen molar-refractivity contribution in [3.63, 3.8) is 0 Å². The van der Waals surface area contributed by atoms with Crippen LogP contribution in [0.25, 0.3) is 0 Å². The summed E-state index contributed by atoms with van der Waals surface area (Å²) in [6.07, 6.45) is 0.268. The number of hydrogen-bond acceptors (Lipinski definition) is 6. The van der Waals surface area contributed by atoms with E-state index in [4.69, 9.17) is 0 Å². The van der Waals surface area contributed by atoms with Crippen LogP contribution in [0.2, 0.25) is 0 Å². The van der Waals surface area contributed by atoms with Gasteiger partial charge in [0.15, 0.2) is 11.3 Å². The minimum atomic E-state index is -3.76. The first-order valence-corrected chi connectivity index (χ1v) is 10.6. The maximum atomic E-state index is 12.8. The van der Waals surface area contributed by atoms with Gasteiger partial charge in [-0.15, -0.1) is 11.3 Å². The molecule has 0 spiro atoms. The van der Waals surface area contributed by atoms with Crippen molar-refractivity contribution in [1.82, 2.24) is 18.9 Å². The number of carbonyl (C=O) groups excluding carboxylic acids is 1. The highest BCUT2D eigenvalue weighted by Gasteiger charge is 2.32. The first kappa shape index (κ1) is 19.1. The Morgan fingerprint density at radius 2 is 1.96 bits per heavy atom. The number of piperazine rings is 1. The topological polar surface area (TPSA) is 82.6 Å². The van der Waals surface area contributed by atoms with Gasteiger partial charge in [0.1, 0.15) is 5.69 Å². The molecule has 1 aromatic heterocycles. The van der Waals surface area contributed by atoms with Crippen LogP contribution in [-0.4, -0.2) is 67.7 Å². The van der Waals surface area contributed by atoms with E-state index in [-0.39, 0.29) is 17.9 Å². The Balaban J connectivity index is 1.79. The van der Waals surface area contributed by atoms with E-state index in [0.717, 1.165) is 5.56 Å². The number of thiazole rings is 1. The Labute approximate surface area is 157 Å². The largest absolute Gasteiger partial charge is 0.304 e. The summed E-state index contributed by atoms with van der Waals surface area (Å²) in [6.45, 7) is 2.14. The van der Waals surface area contributed by atoms with E-state index in [1.807, 2.05) is 37.4 Å². The van der Waals surface area contributed by atoms with E-state index in [0.29, 0.717) is 26.2 Å². The van der Waals surface area contributed by atoms with E-state index < -0.39 is 16.3 Å². The molecular formula is C17H21N4O3S2. The number of aromatic nitrogens is 1. The number of ketones is 1. The first-order chi connectivity index (χ1) is 12.5. The molecule has 1 radical (unpaired) electrons. The van der Waals surface area contributed by atoms with Gasteiger partial charge in [-0.25, -0.2) is 4.98 Å². The van der Waals surface area contributed by atoms with E-state index >= 15 is 0 Å². The van der Waals surface area contributed by atoms with Gasteiger partial charge in [-0.2, -0.15) is 17.4 Å². The summed E-state index contributed by atoms with van der Waals surface area (Å²) in [5.41, 5.74) is 3.75. The lowest BCUT2D eigenvalue weighted by Gasteiger charge is -2.32. The van der Waals surface area contributed by atoms with Gasteiger partial charge in [0.2, 0.25) is 0 Å². The number of benzene rings is 1. The van der Waals surface area contributed by atoms with Gasteiger partial charge in [0.05, 0.1) is 6.04 Å². The van der Waals surface area contributed by atoms with E-state index in [2.05, 4.69) is 20.1 Å². The smallest absolute Gasteiger partial charge is 0.280 e. The Bertz CT molecular complexity index is 817. The molecule has 0 unspecified atom stereocenters. The monoisotopic (exact) mass is 393 g/mol. The zero-order valence-corrected chi connectivity index (χ0v) is 16.1. The van der Waals surface area contributed by atoms with Gasteiger partial charge < -0.3 is 4.90 Å². The molecule has 1 aliphatic rings. The Morgan fingerprint density at radius 3 is 2.58 bits per heavy atom. The molecule has 2 heterocycles. The maximum absolute atomic E-state index is 12.8. The van der Waals surface area contributed by atoms with Crippen molar-refractivity contribution in [2.75, 3.05) is 33.2 Å². The summed E-state index contributed by atoms with van der Waals surface area (Å²) in [5, 5.41) is 1.59. The van der Waals surface area contributed by atoms with Gasteiger partial charge >= 0.3 is 0 Å². The summed E-state index contributed by atoms with van der Waals surface area (Å²) in [5.74, 6) is -0.343. The van der Waals surface area contributed by atoms with Crippen LogP contribution in [0.15, 0.2) is 35.7 Å². The van der Waals surface area contributed by atoms with Crippen molar-refractivity contribution in [2.45, 2.75) is 12.5 Å². The minimum absolute atomic E-state index is 0.233. The standard InChI is InChI=1S/C17H21N4O3S2/c1-20-7-9-21(10-8-20)26(23,24)19-15(11-14-5-3-2-4-6-14)17(22)16-12-25-13-18-16/h2-6,12,15,19H,7-11H2,1H3/t15-/m0/s1. The van der Waals surface area contributed by atoms with E-state index in [1.165, 1.54) is 15.6 Å². The molecule has 1 fully saturated rings. The maximum Gasteiger partial charge on any atom is 0.280 e. The normalized spacial score (nSPS) is 17.9. The molecule has 0 amide bonds. The van der Waals surface area contributed by atoms with Crippen LogP contribution in [0.4, 0.5) is 0 Å². The van der Waals surface area contributed by atoms with Gasteiger partial charge in [-0.05, 0) is 19.0 Å². The predicted octanol–water partition coefficient (Wildman–Crippen LogP) is 0.819. The molecule has 26 heavy (non-hydrogen) atoms. The Hall–Kier alpha value is -1.65. The van der Waals surface area contributed by atoms with E-state index in [9.17, 15) is 13.2 Å². The fraction of sp³-hybridized carbons (Fsp3) is 0.412. The molecule has 1 N–H and O–H groups in total. The fourth-order valence-corrected chi connectivity index (χ4v) is 4.62. The summed E-state index contributed by atoms with van der Waals surface area (Å²) < 4.78 is 29.6. The number of hydrogen-bond donors (Lipinski definition) is 1. The molecular weight excluding hydrogens is 372 g/mol. The van der Waals surface area contributed by atoms with E-state index in [1.54, 1.807) is 5.38 Å². The molecule has 7 nitrogen and oxygen atoms in total. The number of carbonyl (C=O) groups is 1. The summed E-state index contributed by atoms with van der Waals surface area (Å²) >= 11 is 1.19. The van der Waals surface area contributed by atoms with Crippen molar-refractivity contribution in [1.29, 1.82) is 0 Å². The molecule has 1 atom stereocenters. The third kappa shape index (κ3) is 4.74. The van der Waals surface area contributed by atoms with Crippen LogP contribution < -0.4 is 4.72 Å². The van der Waals surface area contributed by atoms with Crippen molar-refractivity contribution in [3.8, 4) is 0 Å². The lowest BCUT2D eigenvalue weighted by atomic mass is 10.0. The van der Waals surface area contributed by atoms with Crippen LogP contribution in [-0.2, 0) is 16.6 Å². The Morgan fingerprint density at radius 1 is 1.27 bits per heavy atom. The lowest BCUT2D eigenvalue weighted by molar-refractivity contribution is 0.0947. The molecule has 139 valence electrons. The van der Waals surface area contributed by atoms with Gasteiger partial charge in [0.25, 0.3) is 10.2 Å². The molecule has 0 aliphatic carbocycles. The fourth-order valence-electron chi connectivity index (χ4n) is 2.80. The molecule has 2 aromatic rings. The van der Waals surface area contributed by atoms with Crippen molar-refractivity contribution < 1.29 is 13.2 Å². The molecule has 1 saturated heterocycles. The van der Waals surface area contributed by atoms with Crippen LogP contribution in [0.1, 0.15) is 16.1 Å². The highest BCUT2D eigenvalue weighted by Crippen LogP contribution is 2.13. The zero-order chi connectivity index (χ0) is 18.6. The predicted molar refractivity (Wildman–Crippen MR) is 100 cm³/mol. The lowest BCUT2D eigenvalue weighted by Crippen LogP contribution is -2.54. The highest BCUT2D eigenvalue weighted by molar-refractivity contribution is 7.87. The molecule has 9 heteroatoms. The molecule has 1 aliphatic heterocycles. The molecule has 0 saturated carbocycles. The summed E-state index contributed by atoms with van der Waals surface area (Å²) in [6, 6.07) is 8.45. The average Bonchev–Trinajstić information content (AvgIpc) is 3.16. The minimum Gasteiger partial charge on any atom is -0.304 e. The number of Topliss-reactive ketones (excluding diaryl/α,β-unsaturated/α-hetero) is 1. The first-order valence-electron chi connectivity index (χ1n) is 8.31. The summed E-state index contributed by atoms with van der Waals surface area (Å²) in [7, 11) is -1.80. The second kappa shape index (κ2) is 8.36. The molecule has 3 rings (SSSR count). The number of likely N-dealkylation sites (N-methyl/N-ethyl adjacent to an activating group) is 1. The zero-order valence-electron chi connectivity index (χ0n) is 14.5. The average molecular weight is 394 g/mol. The van der Waals surface area contributed by atoms with Gasteiger partial charge in [-0.1, -0.05) is 30.3 Å². The second-order valence-electron chi connectivity index (χ2n) is 6.26. The van der Waals surface area contributed by atoms with Crippen LogP contribution >= 0.6 is 11.3 Å². The number of rotatable bonds is 7. The van der Waals surface area contributed by atoms with Crippen LogP contribution in [0.5, 0.6) is 0 Å². The SMILES string of the molecule is CN1CCN(S(=O)(=O)N[C@@H](Cc2ccccc2)C(=O)c2cs[c]n2)CC1. The van der Waals surface area contributed by atoms with Crippen molar-refractivity contribution in [3.05, 3.63) is 52.5 Å². The quantitative estimate of drug-likeness (QED) is 0.704. The second-order valence-corrected chi connectivity index (χ2v) is 8.61. The highest BCUT2D eigenvalue weighted by atomic mass is 32.2. The third-order valence-electron chi connectivity index (χ3n) is 4.33. The van der Waals surface area contributed by atoms with Crippen molar-refractivity contribution in [2.24, 2.45) is 0 Å². The van der Waals surface area contributed by atoms with Crippen LogP contribution in [0, 0.1) is 5.51 Å². The summed E-state index contributed by atoms with van der Waals surface area (Å²) in [4.78, 5) is 18.8. The van der Waals surface area contributed by atoms with Crippen LogP contribution in [0.3, 0.4) is 0 Å². The molecule has 1 aromatic carbocycles. The van der Waals surface area contributed by atoms with Gasteiger partial charge in [0, 0.05) is 31.6 Å². The van der Waals surface area contributed by atoms with Crippen molar-refractivity contribution >= 4 is 27.3 Å². The third-order valence-corrected chi connectivity index (χ3v) is 6.50.